The van der Waals surface area contributed by atoms with Gasteiger partial charge in [-0.15, -0.1) is 0 Å². The van der Waals surface area contributed by atoms with Crippen LogP contribution in [0.3, 0.4) is 0 Å². The van der Waals surface area contributed by atoms with Crippen molar-refractivity contribution < 1.29 is 0 Å². The minimum atomic E-state index is 0.359. The number of allylic oxidation sites excluding steroid dienone is 5. The van der Waals surface area contributed by atoms with Crippen LogP contribution in [0.1, 0.15) is 75.6 Å². The van der Waals surface area contributed by atoms with Crippen molar-refractivity contribution >= 4 is 5.57 Å². The Morgan fingerprint density at radius 3 is 2.21 bits per heavy atom. The fourth-order valence-electron chi connectivity index (χ4n) is 4.84. The van der Waals surface area contributed by atoms with Crippen molar-refractivity contribution in [2.45, 2.75) is 59.8 Å². The zero-order chi connectivity index (χ0) is 19.8. The van der Waals surface area contributed by atoms with Gasteiger partial charge in [-0.2, -0.15) is 0 Å². The van der Waals surface area contributed by atoms with Crippen molar-refractivity contribution in [1.29, 1.82) is 0 Å². The third-order valence-corrected chi connectivity index (χ3v) is 6.78. The van der Waals surface area contributed by atoms with Crippen molar-refractivity contribution in [3.8, 4) is 0 Å². The molecule has 0 nitrogen and oxygen atoms in total. The first-order valence-corrected chi connectivity index (χ1v) is 10.7. The molecular formula is C28H31. The van der Waals surface area contributed by atoms with Gasteiger partial charge in [0.05, 0.1) is 0 Å². The van der Waals surface area contributed by atoms with Gasteiger partial charge in [0.15, 0.2) is 0 Å². The SMILES string of the molecule is CCCCc1cccc(C2=CC([C]3C(C)=C(C)C(C)=C3C)c3ccccc32)c1. The third-order valence-electron chi connectivity index (χ3n) is 6.78. The van der Waals surface area contributed by atoms with E-state index >= 15 is 0 Å². The maximum atomic E-state index is 2.51. The number of unbranched alkanes of at least 4 members (excludes halogenated alkanes) is 1. The van der Waals surface area contributed by atoms with Crippen molar-refractivity contribution in [1.82, 2.24) is 0 Å². The Labute approximate surface area is 170 Å². The van der Waals surface area contributed by atoms with E-state index in [1.54, 1.807) is 0 Å². The van der Waals surface area contributed by atoms with Gasteiger partial charge in [-0.3, -0.25) is 0 Å². The zero-order valence-corrected chi connectivity index (χ0v) is 17.9. The number of rotatable bonds is 5. The Hall–Kier alpha value is -2.34. The number of hydrogen-bond donors (Lipinski definition) is 0. The molecular weight excluding hydrogens is 336 g/mol. The van der Waals surface area contributed by atoms with Crippen LogP contribution in [0, 0.1) is 5.92 Å². The Kier molecular flexibility index (Phi) is 5.15. The fourth-order valence-corrected chi connectivity index (χ4v) is 4.84. The summed E-state index contributed by atoms with van der Waals surface area (Å²) in [7, 11) is 0. The molecule has 0 heterocycles. The smallest absolute Gasteiger partial charge is 0.0370 e. The first-order valence-electron chi connectivity index (χ1n) is 10.7. The second-order valence-electron chi connectivity index (χ2n) is 8.36. The van der Waals surface area contributed by atoms with Crippen LogP contribution in [0.15, 0.2) is 76.9 Å². The standard InChI is InChI=1S/C28H31/c1-6-7-11-22-12-10-13-23(16-22)26-17-27(25-15-9-8-14-24(25)26)28-20(4)18(2)19(3)21(28)5/h8-10,12-17,27H,6-7,11H2,1-5H3. The van der Waals surface area contributed by atoms with Gasteiger partial charge < -0.3 is 0 Å². The van der Waals surface area contributed by atoms with E-state index in [1.165, 1.54) is 75.3 Å². The molecule has 2 aromatic carbocycles. The number of benzene rings is 2. The largest absolute Gasteiger partial charge is 0.0672 e. The predicted octanol–water partition coefficient (Wildman–Crippen LogP) is 7.82. The van der Waals surface area contributed by atoms with Gasteiger partial charge in [0.1, 0.15) is 0 Å². The molecule has 0 saturated heterocycles. The summed E-state index contributed by atoms with van der Waals surface area (Å²) >= 11 is 0. The summed E-state index contributed by atoms with van der Waals surface area (Å²) in [6.07, 6.45) is 6.18. The van der Waals surface area contributed by atoms with E-state index in [2.05, 4.69) is 89.2 Å². The van der Waals surface area contributed by atoms with Crippen molar-refractivity contribution in [3.63, 3.8) is 0 Å². The van der Waals surface area contributed by atoms with Gasteiger partial charge in [0.25, 0.3) is 0 Å². The van der Waals surface area contributed by atoms with E-state index in [0.29, 0.717) is 5.92 Å². The molecule has 0 aromatic heterocycles. The summed E-state index contributed by atoms with van der Waals surface area (Å²) in [5.41, 5.74) is 12.9. The fraction of sp³-hybridized carbons (Fsp3) is 0.321. The maximum absolute atomic E-state index is 2.51. The monoisotopic (exact) mass is 367 g/mol. The molecule has 2 aliphatic carbocycles. The van der Waals surface area contributed by atoms with Crippen LogP contribution in [-0.4, -0.2) is 0 Å². The van der Waals surface area contributed by atoms with Crippen LogP contribution in [-0.2, 0) is 6.42 Å². The molecule has 0 N–H and O–H groups in total. The average Bonchev–Trinajstić information content (AvgIpc) is 3.18. The predicted molar refractivity (Wildman–Crippen MR) is 121 cm³/mol. The Bertz CT molecular complexity index is 972. The second kappa shape index (κ2) is 7.59. The summed E-state index contributed by atoms with van der Waals surface area (Å²) < 4.78 is 0. The zero-order valence-electron chi connectivity index (χ0n) is 17.9. The minimum absolute atomic E-state index is 0.359. The van der Waals surface area contributed by atoms with E-state index in [-0.39, 0.29) is 0 Å². The van der Waals surface area contributed by atoms with Crippen molar-refractivity contribution in [2.75, 3.05) is 0 Å². The normalized spacial score (nSPS) is 19.5. The molecule has 4 rings (SSSR count). The molecule has 0 saturated carbocycles. The molecule has 0 aliphatic heterocycles. The summed E-state index contributed by atoms with van der Waals surface area (Å²) in [6, 6.07) is 18.2. The average molecular weight is 368 g/mol. The summed E-state index contributed by atoms with van der Waals surface area (Å²) in [4.78, 5) is 0. The lowest BCUT2D eigenvalue weighted by molar-refractivity contribution is 0.795. The lowest BCUT2D eigenvalue weighted by atomic mass is 9.81. The van der Waals surface area contributed by atoms with E-state index in [0.717, 1.165) is 0 Å². The summed E-state index contributed by atoms with van der Waals surface area (Å²) in [5, 5.41) is 0. The molecule has 2 aliphatic rings. The molecule has 1 atom stereocenters. The highest BCUT2D eigenvalue weighted by molar-refractivity contribution is 5.87. The number of hydrogen-bond acceptors (Lipinski definition) is 0. The van der Waals surface area contributed by atoms with Crippen LogP contribution < -0.4 is 0 Å². The highest BCUT2D eigenvalue weighted by Crippen LogP contribution is 2.52. The molecule has 0 heteroatoms. The first kappa shape index (κ1) is 19.0. The molecule has 0 fully saturated rings. The Morgan fingerprint density at radius 1 is 0.786 bits per heavy atom. The van der Waals surface area contributed by atoms with Crippen LogP contribution in [0.4, 0.5) is 0 Å². The van der Waals surface area contributed by atoms with Crippen molar-refractivity contribution in [2.24, 2.45) is 0 Å². The van der Waals surface area contributed by atoms with E-state index in [9.17, 15) is 0 Å². The van der Waals surface area contributed by atoms with Crippen LogP contribution in [0.2, 0.25) is 0 Å². The van der Waals surface area contributed by atoms with Gasteiger partial charge in [-0.05, 0) is 79.5 Å². The lowest BCUT2D eigenvalue weighted by Crippen LogP contribution is -2.08. The van der Waals surface area contributed by atoms with Crippen molar-refractivity contribution in [3.05, 3.63) is 105 Å². The van der Waals surface area contributed by atoms with E-state index in [1.807, 2.05) is 0 Å². The molecule has 2 aromatic rings. The van der Waals surface area contributed by atoms with E-state index < -0.39 is 0 Å². The molecule has 0 spiro atoms. The number of aryl methyl sites for hydroxylation is 1. The van der Waals surface area contributed by atoms with Crippen LogP contribution >= 0.6 is 0 Å². The molecule has 0 bridgehead atoms. The van der Waals surface area contributed by atoms with Crippen LogP contribution in [0.25, 0.3) is 5.57 Å². The maximum Gasteiger partial charge on any atom is 0.0370 e. The first-order chi connectivity index (χ1) is 13.5. The molecule has 1 radical (unpaired) electrons. The van der Waals surface area contributed by atoms with Gasteiger partial charge in [0.2, 0.25) is 0 Å². The van der Waals surface area contributed by atoms with E-state index in [4.69, 9.17) is 0 Å². The second-order valence-corrected chi connectivity index (χ2v) is 8.36. The minimum Gasteiger partial charge on any atom is -0.0672 e. The molecule has 0 amide bonds. The molecule has 143 valence electrons. The van der Waals surface area contributed by atoms with Gasteiger partial charge in [-0.25, -0.2) is 0 Å². The summed E-state index contributed by atoms with van der Waals surface area (Å²) in [5.74, 6) is 1.87. The number of fused-ring (bicyclic) bond motifs is 1. The van der Waals surface area contributed by atoms with Gasteiger partial charge in [-0.1, -0.05) is 79.1 Å². The summed E-state index contributed by atoms with van der Waals surface area (Å²) in [6.45, 7) is 11.4. The third kappa shape index (κ3) is 3.09. The lowest BCUT2D eigenvalue weighted by Gasteiger charge is -2.22. The molecule has 28 heavy (non-hydrogen) atoms. The Balaban J connectivity index is 1.79. The van der Waals surface area contributed by atoms with Gasteiger partial charge in [0, 0.05) is 11.8 Å². The Morgan fingerprint density at radius 2 is 1.50 bits per heavy atom. The quantitative estimate of drug-likeness (QED) is 0.505. The van der Waals surface area contributed by atoms with Crippen LogP contribution in [0.5, 0.6) is 0 Å². The molecule has 1 unspecified atom stereocenters. The van der Waals surface area contributed by atoms with Gasteiger partial charge >= 0.3 is 0 Å². The highest BCUT2D eigenvalue weighted by Gasteiger charge is 2.36. The highest BCUT2D eigenvalue weighted by atomic mass is 14.4. The topological polar surface area (TPSA) is 0 Å².